The summed E-state index contributed by atoms with van der Waals surface area (Å²) in [4.78, 5) is 27.5. The van der Waals surface area contributed by atoms with E-state index in [-0.39, 0.29) is 36.3 Å². The van der Waals surface area contributed by atoms with Gasteiger partial charge in [0.2, 0.25) is 5.91 Å². The van der Waals surface area contributed by atoms with Gasteiger partial charge in [-0.1, -0.05) is 30.3 Å². The predicted octanol–water partition coefficient (Wildman–Crippen LogP) is 4.72. The number of likely N-dealkylation sites (tertiary alicyclic amines) is 1. The summed E-state index contributed by atoms with van der Waals surface area (Å²) < 4.78 is 18.7. The first-order chi connectivity index (χ1) is 15.1. The number of rotatable bonds is 5. The fourth-order valence-corrected chi connectivity index (χ4v) is 3.89. The van der Waals surface area contributed by atoms with E-state index in [2.05, 4.69) is 10.6 Å². The Bertz CT molecular complexity index is 1010. The van der Waals surface area contributed by atoms with Gasteiger partial charge in [-0.2, -0.15) is 0 Å². The average Bonchev–Trinajstić information content (AvgIpc) is 3.32. The second-order valence-corrected chi connectivity index (χ2v) is 7.59. The molecule has 7 heteroatoms. The largest absolute Gasteiger partial charge is 0.467 e. The van der Waals surface area contributed by atoms with Crippen LogP contribution in [0.5, 0.6) is 0 Å². The number of carbonyl (C=O) groups excluding carboxylic acids is 2. The molecule has 0 saturated carbocycles. The summed E-state index contributed by atoms with van der Waals surface area (Å²) in [5.41, 5.74) is 1.52. The zero-order valence-corrected chi connectivity index (χ0v) is 17.0. The summed E-state index contributed by atoms with van der Waals surface area (Å²) in [5, 5.41) is 5.79. The Morgan fingerprint density at radius 3 is 2.48 bits per heavy atom. The van der Waals surface area contributed by atoms with Crippen LogP contribution < -0.4 is 10.6 Å². The number of piperidine rings is 1. The SMILES string of the molecule is O=C(NCc1ccco1)[C@H]1CC[C@H](c2ccc(F)cc2)N(C(=O)Nc2ccccc2)C1. The molecule has 0 bridgehead atoms. The third-order valence-electron chi connectivity index (χ3n) is 5.51. The molecule has 6 nitrogen and oxygen atoms in total. The summed E-state index contributed by atoms with van der Waals surface area (Å²) in [6, 6.07) is 18.4. The Morgan fingerprint density at radius 1 is 1.00 bits per heavy atom. The van der Waals surface area contributed by atoms with E-state index < -0.39 is 0 Å². The summed E-state index contributed by atoms with van der Waals surface area (Å²) in [5.74, 6) is -0.110. The van der Waals surface area contributed by atoms with E-state index in [9.17, 15) is 14.0 Å². The van der Waals surface area contributed by atoms with Crippen LogP contribution in [0, 0.1) is 11.7 Å². The first-order valence-electron chi connectivity index (χ1n) is 10.3. The van der Waals surface area contributed by atoms with Crippen LogP contribution in [0.4, 0.5) is 14.9 Å². The van der Waals surface area contributed by atoms with Crippen molar-refractivity contribution < 1.29 is 18.4 Å². The van der Waals surface area contributed by atoms with E-state index in [1.165, 1.54) is 12.1 Å². The highest BCUT2D eigenvalue weighted by molar-refractivity contribution is 5.90. The molecule has 2 atom stereocenters. The lowest BCUT2D eigenvalue weighted by Gasteiger charge is -2.39. The number of carbonyl (C=O) groups is 2. The number of urea groups is 1. The molecule has 160 valence electrons. The molecule has 1 aliphatic heterocycles. The molecule has 3 aromatic rings. The zero-order chi connectivity index (χ0) is 21.6. The van der Waals surface area contributed by atoms with Crippen molar-refractivity contribution in [2.24, 2.45) is 5.92 Å². The molecule has 0 aliphatic carbocycles. The highest BCUT2D eigenvalue weighted by atomic mass is 19.1. The van der Waals surface area contributed by atoms with E-state index in [0.29, 0.717) is 30.8 Å². The molecule has 1 aliphatic rings. The first-order valence-corrected chi connectivity index (χ1v) is 10.3. The standard InChI is InChI=1S/C24H24FN3O3/c25-19-11-8-17(9-12-19)22-13-10-18(23(29)26-15-21-7-4-14-31-21)16-28(22)24(30)27-20-5-2-1-3-6-20/h1-9,11-12,14,18,22H,10,13,15-16H2,(H,26,29)(H,27,30)/t18-,22+/m0/s1. The molecule has 0 spiro atoms. The van der Waals surface area contributed by atoms with Crippen molar-refractivity contribution in [3.8, 4) is 0 Å². The highest BCUT2D eigenvalue weighted by Gasteiger charge is 2.35. The van der Waals surface area contributed by atoms with Crippen LogP contribution >= 0.6 is 0 Å². The van der Waals surface area contributed by atoms with Crippen molar-refractivity contribution in [2.75, 3.05) is 11.9 Å². The number of anilines is 1. The minimum Gasteiger partial charge on any atom is -0.467 e. The molecule has 1 saturated heterocycles. The van der Waals surface area contributed by atoms with Crippen molar-refractivity contribution >= 4 is 17.6 Å². The van der Waals surface area contributed by atoms with Gasteiger partial charge < -0.3 is 20.0 Å². The quantitative estimate of drug-likeness (QED) is 0.626. The van der Waals surface area contributed by atoms with Gasteiger partial charge in [0.05, 0.1) is 24.8 Å². The molecule has 1 fully saturated rings. The normalized spacial score (nSPS) is 18.4. The Morgan fingerprint density at radius 2 is 1.77 bits per heavy atom. The van der Waals surface area contributed by atoms with Gasteiger partial charge in [0, 0.05) is 12.2 Å². The number of halogens is 1. The van der Waals surface area contributed by atoms with E-state index in [1.807, 2.05) is 30.3 Å². The maximum atomic E-state index is 13.4. The van der Waals surface area contributed by atoms with Crippen LogP contribution in [-0.4, -0.2) is 23.4 Å². The van der Waals surface area contributed by atoms with Crippen LogP contribution in [0.25, 0.3) is 0 Å². The Kier molecular flexibility index (Phi) is 6.31. The summed E-state index contributed by atoms with van der Waals surface area (Å²) in [6.45, 7) is 0.574. The lowest BCUT2D eigenvalue weighted by molar-refractivity contribution is -0.127. The molecular weight excluding hydrogens is 397 g/mol. The minimum absolute atomic E-state index is 0.119. The van der Waals surface area contributed by atoms with Crippen molar-refractivity contribution in [1.29, 1.82) is 0 Å². The number of hydrogen-bond acceptors (Lipinski definition) is 3. The van der Waals surface area contributed by atoms with Crippen LogP contribution in [0.15, 0.2) is 77.4 Å². The summed E-state index contributed by atoms with van der Waals surface area (Å²) in [6.07, 6.45) is 2.79. The Balaban J connectivity index is 1.49. The van der Waals surface area contributed by atoms with Gasteiger partial charge in [0.25, 0.3) is 0 Å². The Labute approximate surface area is 180 Å². The fraction of sp³-hybridized carbons (Fsp3) is 0.250. The maximum Gasteiger partial charge on any atom is 0.322 e. The maximum absolute atomic E-state index is 13.4. The van der Waals surface area contributed by atoms with Crippen molar-refractivity contribution in [1.82, 2.24) is 10.2 Å². The van der Waals surface area contributed by atoms with E-state index in [1.54, 1.807) is 35.4 Å². The van der Waals surface area contributed by atoms with Crippen LogP contribution in [0.1, 0.15) is 30.2 Å². The first kappa shape index (κ1) is 20.7. The number of nitrogens with zero attached hydrogens (tertiary/aromatic N) is 1. The van der Waals surface area contributed by atoms with Gasteiger partial charge in [-0.05, 0) is 54.8 Å². The smallest absolute Gasteiger partial charge is 0.322 e. The molecule has 2 aromatic carbocycles. The predicted molar refractivity (Wildman–Crippen MR) is 115 cm³/mol. The third-order valence-corrected chi connectivity index (χ3v) is 5.51. The van der Waals surface area contributed by atoms with E-state index in [4.69, 9.17) is 4.42 Å². The van der Waals surface area contributed by atoms with Gasteiger partial charge in [0.15, 0.2) is 0 Å². The van der Waals surface area contributed by atoms with Gasteiger partial charge in [-0.3, -0.25) is 4.79 Å². The molecule has 2 heterocycles. The second kappa shape index (κ2) is 9.47. The number of nitrogens with one attached hydrogen (secondary N) is 2. The second-order valence-electron chi connectivity index (χ2n) is 7.59. The molecule has 2 N–H and O–H groups in total. The summed E-state index contributed by atoms with van der Waals surface area (Å²) >= 11 is 0. The molecule has 0 radical (unpaired) electrons. The lowest BCUT2D eigenvalue weighted by Crippen LogP contribution is -2.48. The number of hydrogen-bond donors (Lipinski definition) is 2. The minimum atomic E-state index is -0.340. The highest BCUT2D eigenvalue weighted by Crippen LogP contribution is 2.34. The van der Waals surface area contributed by atoms with Gasteiger partial charge in [-0.15, -0.1) is 0 Å². The number of furan rings is 1. The van der Waals surface area contributed by atoms with E-state index >= 15 is 0 Å². The monoisotopic (exact) mass is 421 g/mol. The summed E-state index contributed by atoms with van der Waals surface area (Å²) in [7, 11) is 0. The van der Waals surface area contributed by atoms with Gasteiger partial charge in [-0.25, -0.2) is 9.18 Å². The average molecular weight is 421 g/mol. The van der Waals surface area contributed by atoms with Crippen molar-refractivity contribution in [3.63, 3.8) is 0 Å². The van der Waals surface area contributed by atoms with Crippen LogP contribution in [0.2, 0.25) is 0 Å². The molecule has 0 unspecified atom stereocenters. The molecule has 3 amide bonds. The van der Waals surface area contributed by atoms with Crippen molar-refractivity contribution in [2.45, 2.75) is 25.4 Å². The van der Waals surface area contributed by atoms with Crippen LogP contribution in [0.3, 0.4) is 0 Å². The molecule has 31 heavy (non-hydrogen) atoms. The van der Waals surface area contributed by atoms with Gasteiger partial charge >= 0.3 is 6.03 Å². The van der Waals surface area contributed by atoms with Gasteiger partial charge in [0.1, 0.15) is 11.6 Å². The molecular formula is C24H24FN3O3. The van der Waals surface area contributed by atoms with Crippen molar-refractivity contribution in [3.05, 3.63) is 90.1 Å². The number of para-hydroxylation sites is 1. The molecule has 1 aromatic heterocycles. The number of amides is 3. The topological polar surface area (TPSA) is 74.6 Å². The third kappa shape index (κ3) is 5.12. The number of benzene rings is 2. The van der Waals surface area contributed by atoms with E-state index in [0.717, 1.165) is 5.56 Å². The lowest BCUT2D eigenvalue weighted by atomic mass is 9.88. The fourth-order valence-electron chi connectivity index (χ4n) is 3.89. The zero-order valence-electron chi connectivity index (χ0n) is 17.0. The Hall–Kier alpha value is -3.61. The van der Waals surface area contributed by atoms with Crippen LogP contribution in [-0.2, 0) is 11.3 Å². The molecule has 4 rings (SSSR count).